The summed E-state index contributed by atoms with van der Waals surface area (Å²) in [4.78, 5) is 39.5. The summed E-state index contributed by atoms with van der Waals surface area (Å²) < 4.78 is 11.1. The van der Waals surface area contributed by atoms with E-state index in [1.165, 1.54) is 30.2 Å². The molecule has 1 unspecified atom stereocenters. The molecule has 1 aliphatic rings. The quantitative estimate of drug-likeness (QED) is 0.308. The van der Waals surface area contributed by atoms with Crippen molar-refractivity contribution in [2.75, 3.05) is 7.11 Å². The lowest BCUT2D eigenvalue weighted by Gasteiger charge is -2.27. The molecule has 37 heavy (non-hydrogen) atoms. The maximum atomic E-state index is 13.7. The van der Waals surface area contributed by atoms with Crippen molar-refractivity contribution in [1.82, 2.24) is 4.90 Å². The summed E-state index contributed by atoms with van der Waals surface area (Å²) in [6, 6.07) is 18.4. The van der Waals surface area contributed by atoms with Crippen LogP contribution in [0.4, 0.5) is 0 Å². The second kappa shape index (κ2) is 9.48. The lowest BCUT2D eigenvalue weighted by molar-refractivity contribution is -0.130. The number of halogens is 1. The third-order valence-corrected chi connectivity index (χ3v) is 6.45. The van der Waals surface area contributed by atoms with Gasteiger partial charge in [0.05, 0.1) is 24.3 Å². The molecule has 3 aromatic carbocycles. The van der Waals surface area contributed by atoms with E-state index in [0.717, 1.165) is 0 Å². The number of nitrogens with zero attached hydrogens (tertiary/aromatic N) is 1. The summed E-state index contributed by atoms with van der Waals surface area (Å²) in [6.07, 6.45) is 0. The van der Waals surface area contributed by atoms with E-state index in [-0.39, 0.29) is 23.4 Å². The molecule has 1 aliphatic heterocycles. The van der Waals surface area contributed by atoms with Crippen molar-refractivity contribution in [3.63, 3.8) is 0 Å². The van der Waals surface area contributed by atoms with E-state index in [4.69, 9.17) is 20.8 Å². The summed E-state index contributed by atoms with van der Waals surface area (Å²) in [6.45, 7) is 0.0111. The van der Waals surface area contributed by atoms with Crippen LogP contribution in [0.3, 0.4) is 0 Å². The Kier molecular flexibility index (Phi) is 6.19. The normalized spacial score (nSPS) is 15.5. The molecule has 0 saturated heterocycles. The summed E-state index contributed by atoms with van der Waals surface area (Å²) in [5.41, 5.74) is 1.56. The van der Waals surface area contributed by atoms with Crippen molar-refractivity contribution in [3.8, 4) is 5.75 Å². The lowest BCUT2D eigenvalue weighted by atomic mass is 9.94. The summed E-state index contributed by atoms with van der Waals surface area (Å²) in [5, 5.41) is 21.2. The van der Waals surface area contributed by atoms with Crippen molar-refractivity contribution in [2.45, 2.75) is 12.6 Å². The van der Waals surface area contributed by atoms with E-state index in [2.05, 4.69) is 0 Å². The number of furan rings is 1. The molecule has 0 saturated carbocycles. The number of aliphatic hydroxyl groups excluding tert-OH is 1. The third kappa shape index (κ3) is 4.43. The first kappa shape index (κ1) is 24.1. The first-order valence-electron chi connectivity index (χ1n) is 11.2. The van der Waals surface area contributed by atoms with Gasteiger partial charge in [0.1, 0.15) is 11.3 Å². The minimum atomic E-state index is -1.07. The van der Waals surface area contributed by atoms with Crippen LogP contribution in [0.1, 0.15) is 38.1 Å². The molecule has 1 atom stereocenters. The zero-order chi connectivity index (χ0) is 26.3. The van der Waals surface area contributed by atoms with Gasteiger partial charge in [-0.3, -0.25) is 9.59 Å². The predicted octanol–water partition coefficient (Wildman–Crippen LogP) is 5.57. The van der Waals surface area contributed by atoms with Gasteiger partial charge < -0.3 is 24.3 Å². The standard InChI is InChI=1S/C28H20ClNO7/c1-36-20-4-2-3-17(12-20)24-23(25(31)22-13-18-11-19(29)9-10-21(18)37-22)26(32)27(33)30(24)14-15-5-7-16(8-6-15)28(34)35/h2-13,24,32H,14H2,1H3,(H,34,35). The van der Waals surface area contributed by atoms with Crippen molar-refractivity contribution >= 4 is 40.2 Å². The van der Waals surface area contributed by atoms with Crippen LogP contribution in [0.25, 0.3) is 11.0 Å². The fraction of sp³-hybridized carbons (Fsp3) is 0.107. The number of carboxylic acids is 1. The van der Waals surface area contributed by atoms with Crippen LogP contribution in [0.5, 0.6) is 5.75 Å². The number of aromatic carboxylic acids is 1. The molecule has 4 aromatic rings. The molecule has 1 aromatic heterocycles. The molecule has 0 spiro atoms. The molecular formula is C28H20ClNO7. The molecule has 0 fully saturated rings. The van der Waals surface area contributed by atoms with Gasteiger partial charge in [0.15, 0.2) is 11.5 Å². The van der Waals surface area contributed by atoms with E-state index in [0.29, 0.717) is 32.9 Å². The highest BCUT2D eigenvalue weighted by Crippen LogP contribution is 2.41. The third-order valence-electron chi connectivity index (χ3n) is 6.21. The second-order valence-electron chi connectivity index (χ2n) is 8.50. The van der Waals surface area contributed by atoms with E-state index in [1.54, 1.807) is 54.6 Å². The van der Waals surface area contributed by atoms with Gasteiger partial charge in [0.25, 0.3) is 5.91 Å². The Morgan fingerprint density at radius 2 is 1.81 bits per heavy atom. The van der Waals surface area contributed by atoms with E-state index in [1.807, 2.05) is 0 Å². The van der Waals surface area contributed by atoms with Gasteiger partial charge in [0.2, 0.25) is 5.78 Å². The van der Waals surface area contributed by atoms with Crippen molar-refractivity contribution in [1.29, 1.82) is 0 Å². The highest BCUT2D eigenvalue weighted by molar-refractivity contribution is 6.31. The van der Waals surface area contributed by atoms with E-state index in [9.17, 15) is 24.6 Å². The minimum absolute atomic E-state index is 0.0111. The van der Waals surface area contributed by atoms with Crippen molar-refractivity contribution in [2.24, 2.45) is 0 Å². The maximum Gasteiger partial charge on any atom is 0.335 e. The van der Waals surface area contributed by atoms with Crippen LogP contribution in [0.15, 0.2) is 88.5 Å². The maximum absolute atomic E-state index is 13.7. The molecule has 2 N–H and O–H groups in total. The van der Waals surface area contributed by atoms with Gasteiger partial charge in [-0.25, -0.2) is 4.79 Å². The first-order chi connectivity index (χ1) is 17.8. The SMILES string of the molecule is COc1cccc(C2C(C(=O)c3cc4cc(Cl)ccc4o3)=C(O)C(=O)N2Cc2ccc(C(=O)O)cc2)c1. The van der Waals surface area contributed by atoms with Gasteiger partial charge in [-0.1, -0.05) is 35.9 Å². The monoisotopic (exact) mass is 517 g/mol. The number of benzene rings is 3. The van der Waals surface area contributed by atoms with Crippen LogP contribution < -0.4 is 4.74 Å². The van der Waals surface area contributed by atoms with E-state index >= 15 is 0 Å². The minimum Gasteiger partial charge on any atom is -0.503 e. The molecule has 9 heteroatoms. The fourth-order valence-electron chi connectivity index (χ4n) is 4.42. The number of Topliss-reactive ketones (excluding diaryl/α,β-unsaturated/α-hetero) is 1. The number of carboxylic acid groups (broad SMARTS) is 1. The average Bonchev–Trinajstić information content (AvgIpc) is 3.43. The Labute approximate surface area is 215 Å². The molecule has 186 valence electrons. The number of carbonyl (C=O) groups is 3. The predicted molar refractivity (Wildman–Crippen MR) is 135 cm³/mol. The topological polar surface area (TPSA) is 117 Å². The summed E-state index contributed by atoms with van der Waals surface area (Å²) in [7, 11) is 1.50. The summed E-state index contributed by atoms with van der Waals surface area (Å²) >= 11 is 6.06. The van der Waals surface area contributed by atoms with Crippen LogP contribution in [0, 0.1) is 0 Å². The fourth-order valence-corrected chi connectivity index (χ4v) is 4.60. The first-order valence-corrected chi connectivity index (χ1v) is 11.6. The van der Waals surface area contributed by atoms with E-state index < -0.39 is 29.5 Å². The molecule has 5 rings (SSSR count). The molecule has 8 nitrogen and oxygen atoms in total. The van der Waals surface area contributed by atoms with Crippen LogP contribution in [0.2, 0.25) is 5.02 Å². The summed E-state index contributed by atoms with van der Waals surface area (Å²) in [5.74, 6) is -2.68. The Morgan fingerprint density at radius 3 is 2.51 bits per heavy atom. The number of ketones is 1. The number of amides is 1. The van der Waals surface area contributed by atoms with Crippen LogP contribution in [-0.4, -0.2) is 39.9 Å². The van der Waals surface area contributed by atoms with Crippen LogP contribution >= 0.6 is 11.6 Å². The van der Waals surface area contributed by atoms with Gasteiger partial charge in [-0.2, -0.15) is 0 Å². The molecule has 0 bridgehead atoms. The highest BCUT2D eigenvalue weighted by Gasteiger charge is 2.44. The molecule has 1 amide bonds. The Balaban J connectivity index is 1.58. The van der Waals surface area contributed by atoms with Gasteiger partial charge in [-0.15, -0.1) is 0 Å². The Bertz CT molecular complexity index is 1590. The molecule has 0 radical (unpaired) electrons. The van der Waals surface area contributed by atoms with Crippen molar-refractivity contribution in [3.05, 3.63) is 112 Å². The molecular weight excluding hydrogens is 498 g/mol. The average molecular weight is 518 g/mol. The molecule has 2 heterocycles. The van der Waals surface area contributed by atoms with Crippen LogP contribution in [-0.2, 0) is 11.3 Å². The number of carbonyl (C=O) groups excluding carboxylic acids is 2. The number of aliphatic hydroxyl groups is 1. The van der Waals surface area contributed by atoms with Crippen molar-refractivity contribution < 1.29 is 33.8 Å². The second-order valence-corrected chi connectivity index (χ2v) is 8.93. The number of methoxy groups -OCH3 is 1. The number of fused-ring (bicyclic) bond motifs is 1. The number of hydrogen-bond acceptors (Lipinski definition) is 6. The zero-order valence-corrected chi connectivity index (χ0v) is 20.2. The number of ether oxygens (including phenoxy) is 1. The zero-order valence-electron chi connectivity index (χ0n) is 19.5. The van der Waals surface area contributed by atoms with Gasteiger partial charge >= 0.3 is 5.97 Å². The largest absolute Gasteiger partial charge is 0.503 e. The highest BCUT2D eigenvalue weighted by atomic mass is 35.5. The Morgan fingerprint density at radius 1 is 1.05 bits per heavy atom. The van der Waals surface area contributed by atoms with Gasteiger partial charge in [-0.05, 0) is 59.7 Å². The number of rotatable bonds is 7. The lowest BCUT2D eigenvalue weighted by Crippen LogP contribution is -2.30. The smallest absolute Gasteiger partial charge is 0.335 e. The molecule has 0 aliphatic carbocycles. The Hall–Kier alpha value is -4.56. The number of hydrogen-bond donors (Lipinski definition) is 2. The van der Waals surface area contributed by atoms with Gasteiger partial charge in [0, 0.05) is 17.0 Å².